The van der Waals surface area contributed by atoms with Gasteiger partial charge in [0.2, 0.25) is 0 Å². The lowest BCUT2D eigenvalue weighted by molar-refractivity contribution is -0.283. The number of nitrogens with zero attached hydrogens (tertiary/aromatic N) is 1. The molecule has 1 heterocycles. The molecule has 35 heavy (non-hydrogen) atoms. The largest absolute Gasteiger partial charge is 0.489 e. The van der Waals surface area contributed by atoms with Crippen molar-refractivity contribution in [1.82, 2.24) is 5.06 Å². The number of benzene rings is 2. The van der Waals surface area contributed by atoms with E-state index in [0.29, 0.717) is 12.5 Å². The Hall–Kier alpha value is -1.84. The van der Waals surface area contributed by atoms with Crippen LogP contribution in [0.3, 0.4) is 0 Å². The molecular formula is C32H49NO2. The Morgan fingerprint density at radius 3 is 1.94 bits per heavy atom. The van der Waals surface area contributed by atoms with Gasteiger partial charge in [-0.15, -0.1) is 0 Å². The van der Waals surface area contributed by atoms with Crippen LogP contribution in [0.4, 0.5) is 0 Å². The molecule has 0 aliphatic carbocycles. The van der Waals surface area contributed by atoms with Crippen molar-refractivity contribution in [1.29, 1.82) is 0 Å². The summed E-state index contributed by atoms with van der Waals surface area (Å²) in [5.41, 5.74) is 4.01. The van der Waals surface area contributed by atoms with Crippen molar-refractivity contribution in [2.45, 2.75) is 123 Å². The van der Waals surface area contributed by atoms with Gasteiger partial charge in [0, 0.05) is 11.1 Å². The fraction of sp³-hybridized carbons (Fsp3) is 0.625. The van der Waals surface area contributed by atoms with Crippen molar-refractivity contribution < 1.29 is 9.57 Å². The fourth-order valence-corrected chi connectivity index (χ4v) is 5.80. The van der Waals surface area contributed by atoms with Gasteiger partial charge in [-0.2, -0.15) is 5.06 Å². The monoisotopic (exact) mass is 479 g/mol. The van der Waals surface area contributed by atoms with Gasteiger partial charge >= 0.3 is 0 Å². The van der Waals surface area contributed by atoms with Gasteiger partial charge in [-0.25, -0.2) is 0 Å². The molecule has 0 bridgehead atoms. The first-order valence-electron chi connectivity index (χ1n) is 14.0. The molecule has 3 heteroatoms. The van der Waals surface area contributed by atoms with Gasteiger partial charge in [-0.1, -0.05) is 82.3 Å². The third kappa shape index (κ3) is 8.08. The SMILES string of the molecule is CCCCCCCON1C(C)(C)CC(c2ccc(OCc3ccc(CCC)cc3)cc2)CC1(C)C. The van der Waals surface area contributed by atoms with Crippen molar-refractivity contribution in [2.75, 3.05) is 6.61 Å². The number of hydroxylamine groups is 2. The van der Waals surface area contributed by atoms with Crippen LogP contribution >= 0.6 is 0 Å². The van der Waals surface area contributed by atoms with Crippen molar-refractivity contribution >= 4 is 0 Å². The minimum atomic E-state index is -0.00501. The molecule has 2 aromatic carbocycles. The molecule has 0 atom stereocenters. The topological polar surface area (TPSA) is 21.7 Å². The van der Waals surface area contributed by atoms with Crippen LogP contribution in [0.1, 0.15) is 116 Å². The highest BCUT2D eigenvalue weighted by molar-refractivity contribution is 5.31. The third-order valence-corrected chi connectivity index (χ3v) is 7.38. The van der Waals surface area contributed by atoms with E-state index in [4.69, 9.17) is 9.57 Å². The molecule has 0 spiro atoms. The summed E-state index contributed by atoms with van der Waals surface area (Å²) < 4.78 is 6.08. The second kappa shape index (κ2) is 12.9. The smallest absolute Gasteiger partial charge is 0.119 e. The Bertz CT molecular complexity index is 851. The first-order valence-corrected chi connectivity index (χ1v) is 14.0. The number of hydrogen-bond acceptors (Lipinski definition) is 3. The lowest BCUT2D eigenvalue weighted by Gasteiger charge is -2.54. The minimum Gasteiger partial charge on any atom is -0.489 e. The Balaban J connectivity index is 1.54. The Labute approximate surface area is 215 Å². The standard InChI is InChI=1S/C32H49NO2/c1-7-9-10-11-12-22-35-33-31(3,4)23-29(24-32(33,5)6)28-18-20-30(21-19-28)34-25-27-16-14-26(13-8-2)15-17-27/h14-21,29H,7-13,22-25H2,1-6H3. The van der Waals surface area contributed by atoms with Crippen LogP contribution in [0, 0.1) is 0 Å². The number of unbranched alkanes of at least 4 members (excludes halogenated alkanes) is 4. The van der Waals surface area contributed by atoms with Gasteiger partial charge < -0.3 is 4.74 Å². The van der Waals surface area contributed by atoms with Crippen LogP contribution in [0.15, 0.2) is 48.5 Å². The highest BCUT2D eigenvalue weighted by Crippen LogP contribution is 2.46. The second-order valence-electron chi connectivity index (χ2n) is 11.7. The zero-order valence-corrected chi connectivity index (χ0v) is 23.2. The molecule has 1 fully saturated rings. The molecule has 0 radical (unpaired) electrons. The molecule has 0 unspecified atom stereocenters. The van der Waals surface area contributed by atoms with Crippen LogP contribution in [-0.2, 0) is 17.9 Å². The molecule has 1 saturated heterocycles. The molecule has 1 aliphatic heterocycles. The summed E-state index contributed by atoms with van der Waals surface area (Å²) in [6.45, 7) is 15.3. The van der Waals surface area contributed by atoms with E-state index in [1.807, 2.05) is 0 Å². The molecule has 0 amide bonds. The zero-order chi connectivity index (χ0) is 25.3. The predicted molar refractivity (Wildman–Crippen MR) is 148 cm³/mol. The quantitative estimate of drug-likeness (QED) is 0.268. The minimum absolute atomic E-state index is 0.00501. The summed E-state index contributed by atoms with van der Waals surface area (Å²) in [5, 5.41) is 2.31. The first-order chi connectivity index (χ1) is 16.7. The van der Waals surface area contributed by atoms with Gasteiger partial charge in [0.15, 0.2) is 0 Å². The van der Waals surface area contributed by atoms with Crippen molar-refractivity contribution in [3.63, 3.8) is 0 Å². The average molecular weight is 480 g/mol. The van der Waals surface area contributed by atoms with Crippen molar-refractivity contribution in [2.24, 2.45) is 0 Å². The average Bonchev–Trinajstić information content (AvgIpc) is 2.82. The Morgan fingerprint density at radius 2 is 1.34 bits per heavy atom. The van der Waals surface area contributed by atoms with Gasteiger partial charge in [0.25, 0.3) is 0 Å². The van der Waals surface area contributed by atoms with E-state index in [1.165, 1.54) is 48.8 Å². The number of hydrogen-bond donors (Lipinski definition) is 0. The molecule has 0 aromatic heterocycles. The highest BCUT2D eigenvalue weighted by atomic mass is 16.7. The summed E-state index contributed by atoms with van der Waals surface area (Å²) >= 11 is 0. The van der Waals surface area contributed by atoms with Crippen molar-refractivity contribution in [3.8, 4) is 5.75 Å². The van der Waals surface area contributed by atoms with E-state index in [-0.39, 0.29) is 11.1 Å². The molecule has 194 valence electrons. The van der Waals surface area contributed by atoms with E-state index in [1.54, 1.807) is 0 Å². The van der Waals surface area contributed by atoms with E-state index in [2.05, 4.69) is 95.1 Å². The number of piperidine rings is 1. The maximum atomic E-state index is 6.41. The second-order valence-corrected chi connectivity index (χ2v) is 11.7. The van der Waals surface area contributed by atoms with Gasteiger partial charge in [-0.05, 0) is 88.1 Å². The Morgan fingerprint density at radius 1 is 0.743 bits per heavy atom. The molecule has 3 rings (SSSR count). The van der Waals surface area contributed by atoms with E-state index < -0.39 is 0 Å². The maximum absolute atomic E-state index is 6.41. The fourth-order valence-electron chi connectivity index (χ4n) is 5.80. The summed E-state index contributed by atoms with van der Waals surface area (Å²) in [5.74, 6) is 1.46. The van der Waals surface area contributed by atoms with E-state index in [0.717, 1.165) is 38.0 Å². The van der Waals surface area contributed by atoms with Crippen LogP contribution < -0.4 is 4.74 Å². The van der Waals surface area contributed by atoms with Crippen LogP contribution in [0.2, 0.25) is 0 Å². The number of aryl methyl sites for hydroxylation is 1. The number of ether oxygens (including phenoxy) is 1. The Kier molecular flexibility index (Phi) is 10.2. The zero-order valence-electron chi connectivity index (χ0n) is 23.2. The summed E-state index contributed by atoms with van der Waals surface area (Å²) in [4.78, 5) is 6.41. The summed E-state index contributed by atoms with van der Waals surface area (Å²) in [7, 11) is 0. The maximum Gasteiger partial charge on any atom is 0.119 e. The van der Waals surface area contributed by atoms with Crippen LogP contribution in [0.25, 0.3) is 0 Å². The van der Waals surface area contributed by atoms with Gasteiger partial charge in [0.05, 0.1) is 6.61 Å². The van der Waals surface area contributed by atoms with Gasteiger partial charge in [-0.3, -0.25) is 4.84 Å². The molecule has 0 saturated carbocycles. The summed E-state index contributed by atoms with van der Waals surface area (Å²) in [6, 6.07) is 17.6. The lowest BCUT2D eigenvalue weighted by Crippen LogP contribution is -2.59. The number of rotatable bonds is 13. The predicted octanol–water partition coefficient (Wildman–Crippen LogP) is 8.86. The first kappa shape index (κ1) is 27.7. The van der Waals surface area contributed by atoms with Crippen molar-refractivity contribution in [3.05, 3.63) is 65.2 Å². The molecular weight excluding hydrogens is 430 g/mol. The highest BCUT2D eigenvalue weighted by Gasteiger charge is 2.46. The van der Waals surface area contributed by atoms with Crippen LogP contribution in [0.5, 0.6) is 5.75 Å². The molecule has 1 aliphatic rings. The van der Waals surface area contributed by atoms with E-state index in [9.17, 15) is 0 Å². The van der Waals surface area contributed by atoms with Gasteiger partial charge in [0.1, 0.15) is 12.4 Å². The van der Waals surface area contributed by atoms with Crippen LogP contribution in [-0.4, -0.2) is 22.7 Å². The third-order valence-electron chi connectivity index (χ3n) is 7.38. The molecule has 2 aromatic rings. The lowest BCUT2D eigenvalue weighted by atomic mass is 9.72. The van der Waals surface area contributed by atoms with E-state index >= 15 is 0 Å². The summed E-state index contributed by atoms with van der Waals surface area (Å²) in [6.07, 6.45) is 10.9. The molecule has 3 nitrogen and oxygen atoms in total. The normalized spacial score (nSPS) is 18.0. The molecule has 0 N–H and O–H groups in total.